The molecule has 28 heavy (non-hydrogen) atoms. The third-order valence-corrected chi connectivity index (χ3v) is 4.45. The summed E-state index contributed by atoms with van der Waals surface area (Å²) in [6, 6.07) is 9.85. The molecule has 0 aliphatic heterocycles. The van der Waals surface area contributed by atoms with Gasteiger partial charge in [-0.1, -0.05) is 43.7 Å². The molecule has 4 aromatic rings. The molecule has 0 atom stereocenters. The average Bonchev–Trinajstić information content (AvgIpc) is 3.30. The maximum absolute atomic E-state index is 11.8. The van der Waals surface area contributed by atoms with Crippen molar-refractivity contribution in [1.82, 2.24) is 29.4 Å². The lowest BCUT2D eigenvalue weighted by atomic mass is 10.2. The Morgan fingerprint density at radius 1 is 1.11 bits per heavy atom. The first-order valence-corrected chi connectivity index (χ1v) is 9.53. The van der Waals surface area contributed by atoms with Crippen LogP contribution in [0.4, 0.5) is 0 Å². The van der Waals surface area contributed by atoms with Crippen molar-refractivity contribution in [1.29, 1.82) is 0 Å². The predicted molar refractivity (Wildman–Crippen MR) is 105 cm³/mol. The normalized spacial score (nSPS) is 11.4. The summed E-state index contributed by atoms with van der Waals surface area (Å²) in [7, 11) is 0. The highest BCUT2D eigenvalue weighted by Crippen LogP contribution is 2.22. The molecule has 1 aromatic carbocycles. The van der Waals surface area contributed by atoms with Crippen LogP contribution in [0.2, 0.25) is 0 Å². The molecule has 0 N–H and O–H groups in total. The van der Waals surface area contributed by atoms with Crippen molar-refractivity contribution in [2.75, 3.05) is 6.61 Å². The zero-order valence-corrected chi connectivity index (χ0v) is 16.0. The molecule has 0 radical (unpaired) electrons. The summed E-state index contributed by atoms with van der Waals surface area (Å²) in [6.07, 6.45) is 4.61. The first kappa shape index (κ1) is 18.1. The Morgan fingerprint density at radius 3 is 2.68 bits per heavy atom. The van der Waals surface area contributed by atoms with Gasteiger partial charge in [-0.2, -0.15) is 9.61 Å². The Kier molecular flexibility index (Phi) is 5.01. The molecule has 144 valence electrons. The van der Waals surface area contributed by atoms with Gasteiger partial charge in [-0.05, 0) is 13.3 Å². The number of hydrogen-bond acceptors (Lipinski definition) is 6. The van der Waals surface area contributed by atoms with Gasteiger partial charge in [0.15, 0.2) is 17.1 Å². The Balaban J connectivity index is 1.84. The Bertz CT molecular complexity index is 1120. The van der Waals surface area contributed by atoms with Gasteiger partial charge in [-0.15, -0.1) is 5.10 Å². The largest absolute Gasteiger partial charge is 0.465 e. The fraction of sp³-hybridized carbons (Fsp3) is 0.350. The maximum Gasteiger partial charge on any atom is 0.327 e. The highest BCUT2D eigenvalue weighted by molar-refractivity contribution is 5.89. The number of nitrogens with zero attached hydrogens (tertiary/aromatic N) is 6. The summed E-state index contributed by atoms with van der Waals surface area (Å²) in [6.45, 7) is 4.30. The number of carbonyl (C=O) groups excluding carboxylic acids is 1. The Hall–Kier alpha value is -3.29. The van der Waals surface area contributed by atoms with Crippen molar-refractivity contribution in [2.24, 2.45) is 0 Å². The molecule has 8 nitrogen and oxygen atoms in total. The van der Waals surface area contributed by atoms with E-state index >= 15 is 0 Å². The second-order valence-electron chi connectivity index (χ2n) is 6.54. The number of ether oxygens (including phenoxy) is 1. The number of esters is 1. The van der Waals surface area contributed by atoms with Crippen LogP contribution in [0.5, 0.6) is 0 Å². The second-order valence-corrected chi connectivity index (χ2v) is 6.54. The molecule has 0 bridgehead atoms. The smallest absolute Gasteiger partial charge is 0.327 e. The number of hydrogen-bond donors (Lipinski definition) is 0. The number of carbonyl (C=O) groups is 1. The molecule has 3 aromatic heterocycles. The van der Waals surface area contributed by atoms with Crippen molar-refractivity contribution in [3.05, 3.63) is 42.4 Å². The van der Waals surface area contributed by atoms with Crippen LogP contribution < -0.4 is 0 Å². The van der Waals surface area contributed by atoms with E-state index in [-0.39, 0.29) is 12.5 Å². The molecule has 0 amide bonds. The van der Waals surface area contributed by atoms with Crippen LogP contribution in [0.3, 0.4) is 0 Å². The van der Waals surface area contributed by atoms with Crippen molar-refractivity contribution < 1.29 is 9.53 Å². The first-order chi connectivity index (χ1) is 13.7. The first-order valence-electron chi connectivity index (χ1n) is 9.53. The summed E-state index contributed by atoms with van der Waals surface area (Å²) in [5, 5.41) is 9.92. The minimum Gasteiger partial charge on any atom is -0.465 e. The van der Waals surface area contributed by atoms with E-state index in [1.165, 1.54) is 0 Å². The van der Waals surface area contributed by atoms with Crippen LogP contribution in [-0.2, 0) is 22.5 Å². The highest BCUT2D eigenvalue weighted by Gasteiger charge is 2.17. The zero-order chi connectivity index (χ0) is 19.5. The van der Waals surface area contributed by atoms with Gasteiger partial charge in [0.1, 0.15) is 12.4 Å². The quantitative estimate of drug-likeness (QED) is 0.459. The van der Waals surface area contributed by atoms with Gasteiger partial charge in [0.2, 0.25) is 0 Å². The zero-order valence-electron chi connectivity index (χ0n) is 16.0. The molecule has 0 aliphatic rings. The average molecular weight is 378 g/mol. The van der Waals surface area contributed by atoms with Crippen LogP contribution in [0.25, 0.3) is 28.1 Å². The molecule has 4 rings (SSSR count). The van der Waals surface area contributed by atoms with Gasteiger partial charge in [-0.25, -0.2) is 9.97 Å². The predicted octanol–water partition coefficient (Wildman–Crippen LogP) is 3.05. The number of aromatic nitrogens is 6. The number of fused-ring (bicyclic) bond motifs is 3. The number of benzene rings is 1. The van der Waals surface area contributed by atoms with Crippen LogP contribution in [0, 0.1) is 0 Å². The summed E-state index contributed by atoms with van der Waals surface area (Å²) in [5.74, 6) is 1.13. The van der Waals surface area contributed by atoms with Gasteiger partial charge in [0.25, 0.3) is 0 Å². The van der Waals surface area contributed by atoms with Crippen molar-refractivity contribution in [3.63, 3.8) is 0 Å². The minimum atomic E-state index is -0.330. The molecular weight excluding hydrogens is 356 g/mol. The van der Waals surface area contributed by atoms with Crippen LogP contribution >= 0.6 is 0 Å². The summed E-state index contributed by atoms with van der Waals surface area (Å²) in [4.78, 5) is 21.3. The molecule has 0 aliphatic carbocycles. The van der Waals surface area contributed by atoms with Crippen LogP contribution in [0.1, 0.15) is 32.5 Å². The molecule has 0 saturated heterocycles. The van der Waals surface area contributed by atoms with Gasteiger partial charge in [-0.3, -0.25) is 9.48 Å². The summed E-state index contributed by atoms with van der Waals surface area (Å²) < 4.78 is 8.37. The Labute approximate surface area is 162 Å². The minimum absolute atomic E-state index is 0.0420. The molecule has 8 heteroatoms. The monoisotopic (exact) mass is 378 g/mol. The van der Waals surface area contributed by atoms with Crippen molar-refractivity contribution in [3.8, 4) is 11.4 Å². The fourth-order valence-corrected chi connectivity index (χ4v) is 3.11. The van der Waals surface area contributed by atoms with E-state index in [0.717, 1.165) is 36.0 Å². The van der Waals surface area contributed by atoms with E-state index in [1.54, 1.807) is 22.3 Å². The van der Waals surface area contributed by atoms with Gasteiger partial charge in [0.05, 0.1) is 12.0 Å². The lowest BCUT2D eigenvalue weighted by Crippen LogP contribution is -2.13. The third-order valence-electron chi connectivity index (χ3n) is 4.45. The number of rotatable bonds is 7. The van der Waals surface area contributed by atoms with Crippen molar-refractivity contribution in [2.45, 2.75) is 39.7 Å². The third kappa shape index (κ3) is 3.45. The van der Waals surface area contributed by atoms with Crippen LogP contribution in [-0.4, -0.2) is 41.9 Å². The van der Waals surface area contributed by atoms with Gasteiger partial charge in [0, 0.05) is 18.2 Å². The SMILES string of the molecule is CCCCc1nc2nn(CC(=O)OCC)cc2c2nc(-c3ccccc3)nn12. The second kappa shape index (κ2) is 7.75. The fourth-order valence-electron chi connectivity index (χ4n) is 3.11. The van der Waals surface area contributed by atoms with E-state index in [4.69, 9.17) is 19.8 Å². The Morgan fingerprint density at radius 2 is 1.93 bits per heavy atom. The highest BCUT2D eigenvalue weighted by atomic mass is 16.5. The molecule has 0 spiro atoms. The van der Waals surface area contributed by atoms with Crippen LogP contribution in [0.15, 0.2) is 36.5 Å². The lowest BCUT2D eigenvalue weighted by molar-refractivity contribution is -0.144. The number of unbranched alkanes of at least 4 members (excludes halogenated alkanes) is 1. The van der Waals surface area contributed by atoms with Gasteiger partial charge < -0.3 is 4.74 Å². The topological polar surface area (TPSA) is 87.2 Å². The molecule has 0 saturated carbocycles. The molecule has 3 heterocycles. The van der Waals surface area contributed by atoms with E-state index in [0.29, 0.717) is 23.7 Å². The summed E-state index contributed by atoms with van der Waals surface area (Å²) in [5.41, 5.74) is 2.21. The molecule has 0 unspecified atom stereocenters. The van der Waals surface area contributed by atoms with E-state index < -0.39 is 0 Å². The van der Waals surface area contributed by atoms with E-state index in [2.05, 4.69) is 12.0 Å². The van der Waals surface area contributed by atoms with E-state index in [9.17, 15) is 4.79 Å². The number of aryl methyl sites for hydroxylation is 1. The lowest BCUT2D eigenvalue weighted by Gasteiger charge is -2.02. The van der Waals surface area contributed by atoms with E-state index in [1.807, 2.05) is 30.3 Å². The van der Waals surface area contributed by atoms with Crippen molar-refractivity contribution >= 4 is 22.6 Å². The molecule has 0 fully saturated rings. The molecular formula is C20H22N6O2. The standard InChI is InChI=1S/C20H22N6O2/c1-3-5-11-16-21-19-15(12-25(23-19)13-17(27)28-4-2)20-22-18(24-26(16)20)14-9-7-6-8-10-14/h6-10,12H,3-5,11,13H2,1-2H3. The van der Waals surface area contributed by atoms with Gasteiger partial charge >= 0.3 is 5.97 Å². The maximum atomic E-state index is 11.8. The summed E-state index contributed by atoms with van der Waals surface area (Å²) >= 11 is 0.